The van der Waals surface area contributed by atoms with Gasteiger partial charge in [-0.05, 0) is 24.3 Å². The predicted octanol–water partition coefficient (Wildman–Crippen LogP) is 3.04. The molecule has 1 aliphatic heterocycles. The van der Waals surface area contributed by atoms with Gasteiger partial charge in [0.05, 0.1) is 16.6 Å². The number of pyridine rings is 1. The number of ether oxygens (including phenoxy) is 1. The molecule has 0 N–H and O–H groups in total. The van der Waals surface area contributed by atoms with E-state index in [1.54, 1.807) is 36.5 Å². The lowest BCUT2D eigenvalue weighted by Gasteiger charge is -2.12. The molecular formula is C21H14N2O4. The highest BCUT2D eigenvalue weighted by atomic mass is 16.5. The fourth-order valence-electron chi connectivity index (χ4n) is 2.95. The van der Waals surface area contributed by atoms with Crippen molar-refractivity contribution in [1.29, 1.82) is 0 Å². The molecule has 27 heavy (non-hydrogen) atoms. The normalized spacial score (nSPS) is 13.4. The maximum Gasteiger partial charge on any atom is 0.332 e. The van der Waals surface area contributed by atoms with Gasteiger partial charge in [0.1, 0.15) is 0 Å². The molecule has 3 aromatic rings. The van der Waals surface area contributed by atoms with Gasteiger partial charge in [0.2, 0.25) is 0 Å². The Morgan fingerprint density at radius 2 is 1.67 bits per heavy atom. The Bertz CT molecular complexity index is 1060. The van der Waals surface area contributed by atoms with Crippen molar-refractivity contribution < 1.29 is 19.1 Å². The summed E-state index contributed by atoms with van der Waals surface area (Å²) in [6.45, 7) is -0.427. The number of nitrogens with zero attached hydrogens (tertiary/aromatic N) is 2. The molecular weight excluding hydrogens is 344 g/mol. The zero-order valence-electron chi connectivity index (χ0n) is 14.2. The number of fused-ring (bicyclic) bond motifs is 2. The Labute approximate surface area is 154 Å². The van der Waals surface area contributed by atoms with Crippen LogP contribution in [0.2, 0.25) is 0 Å². The van der Waals surface area contributed by atoms with Gasteiger partial charge in [-0.15, -0.1) is 0 Å². The molecule has 2 amide bonds. The maximum absolute atomic E-state index is 12.2. The molecule has 0 spiro atoms. The number of hydrogen-bond acceptors (Lipinski definition) is 5. The SMILES string of the molecule is O=C(/C=C/c1cccc2cccnc12)OCN1C(=O)c2ccccc2C1=O. The average molecular weight is 358 g/mol. The zero-order valence-corrected chi connectivity index (χ0v) is 14.2. The number of carbonyl (C=O) groups excluding carboxylic acids is 3. The van der Waals surface area contributed by atoms with Crippen LogP contribution in [0.5, 0.6) is 0 Å². The first kappa shape index (κ1) is 16.7. The van der Waals surface area contributed by atoms with Crippen LogP contribution in [-0.2, 0) is 9.53 Å². The quantitative estimate of drug-likeness (QED) is 0.407. The maximum atomic E-state index is 12.2. The van der Waals surface area contributed by atoms with Crippen molar-refractivity contribution >= 4 is 34.8 Å². The third-order valence-electron chi connectivity index (χ3n) is 4.28. The van der Waals surface area contributed by atoms with Gasteiger partial charge < -0.3 is 4.74 Å². The summed E-state index contributed by atoms with van der Waals surface area (Å²) in [6, 6.07) is 15.9. The molecule has 6 heteroatoms. The van der Waals surface area contributed by atoms with Crippen molar-refractivity contribution in [2.45, 2.75) is 0 Å². The van der Waals surface area contributed by atoms with E-state index in [0.29, 0.717) is 11.1 Å². The molecule has 6 nitrogen and oxygen atoms in total. The first-order valence-electron chi connectivity index (χ1n) is 8.29. The Morgan fingerprint density at radius 3 is 2.41 bits per heavy atom. The van der Waals surface area contributed by atoms with Gasteiger partial charge in [0.15, 0.2) is 6.73 Å². The van der Waals surface area contributed by atoms with Crippen molar-refractivity contribution in [1.82, 2.24) is 9.88 Å². The second kappa shape index (κ2) is 6.84. The molecule has 0 atom stereocenters. The Morgan fingerprint density at radius 1 is 0.963 bits per heavy atom. The molecule has 1 aromatic heterocycles. The van der Waals surface area contributed by atoms with Crippen LogP contribution in [0.15, 0.2) is 66.9 Å². The fraction of sp³-hybridized carbons (Fsp3) is 0.0476. The number of benzene rings is 2. The van der Waals surface area contributed by atoms with E-state index in [-0.39, 0.29) is 0 Å². The molecule has 0 aliphatic carbocycles. The standard InChI is InChI=1S/C21H14N2O4/c24-18(11-10-15-6-3-5-14-7-4-12-22-19(14)15)27-13-23-20(25)16-8-1-2-9-17(16)21(23)26/h1-12H,13H2/b11-10+. The summed E-state index contributed by atoms with van der Waals surface area (Å²) in [7, 11) is 0. The van der Waals surface area contributed by atoms with Gasteiger partial charge in [-0.3, -0.25) is 14.6 Å². The molecule has 0 saturated heterocycles. The molecule has 2 heterocycles. The monoisotopic (exact) mass is 358 g/mol. The van der Waals surface area contributed by atoms with Crippen LogP contribution in [0, 0.1) is 0 Å². The number of hydrogen-bond donors (Lipinski definition) is 0. The average Bonchev–Trinajstić information content (AvgIpc) is 2.95. The molecule has 0 saturated carbocycles. The number of carbonyl (C=O) groups is 3. The Balaban J connectivity index is 1.44. The molecule has 0 radical (unpaired) electrons. The highest BCUT2D eigenvalue weighted by Gasteiger charge is 2.35. The summed E-state index contributed by atoms with van der Waals surface area (Å²) in [5, 5.41) is 0.957. The Hall–Kier alpha value is -3.80. The largest absolute Gasteiger partial charge is 0.441 e. The first-order valence-corrected chi connectivity index (χ1v) is 8.29. The summed E-state index contributed by atoms with van der Waals surface area (Å²) >= 11 is 0. The summed E-state index contributed by atoms with van der Waals surface area (Å²) in [6.07, 6.45) is 4.53. The highest BCUT2D eigenvalue weighted by molar-refractivity contribution is 6.21. The molecule has 0 unspecified atom stereocenters. The number of amides is 2. The topological polar surface area (TPSA) is 76.6 Å². The minimum atomic E-state index is -0.653. The molecule has 132 valence electrons. The van der Waals surface area contributed by atoms with Crippen molar-refractivity contribution in [3.8, 4) is 0 Å². The fourth-order valence-corrected chi connectivity index (χ4v) is 2.95. The van der Waals surface area contributed by atoms with Crippen LogP contribution < -0.4 is 0 Å². The molecule has 0 bridgehead atoms. The minimum absolute atomic E-state index is 0.316. The van der Waals surface area contributed by atoms with Crippen molar-refractivity contribution in [3.63, 3.8) is 0 Å². The number of rotatable bonds is 4. The third-order valence-corrected chi connectivity index (χ3v) is 4.28. The van der Waals surface area contributed by atoms with E-state index in [0.717, 1.165) is 21.4 Å². The van der Waals surface area contributed by atoms with Gasteiger partial charge in [-0.25, -0.2) is 9.69 Å². The molecule has 1 aliphatic rings. The van der Waals surface area contributed by atoms with Gasteiger partial charge in [0.25, 0.3) is 11.8 Å². The summed E-state index contributed by atoms with van der Waals surface area (Å²) in [5.74, 6) is -1.59. The van der Waals surface area contributed by atoms with Crippen LogP contribution in [0.25, 0.3) is 17.0 Å². The van der Waals surface area contributed by atoms with Crippen LogP contribution in [0.4, 0.5) is 0 Å². The lowest BCUT2D eigenvalue weighted by molar-refractivity contribution is -0.140. The van der Waals surface area contributed by atoms with Crippen LogP contribution in [-0.4, -0.2) is 34.4 Å². The van der Waals surface area contributed by atoms with Crippen molar-refractivity contribution in [3.05, 3.63) is 83.6 Å². The van der Waals surface area contributed by atoms with E-state index in [1.165, 1.54) is 6.08 Å². The van der Waals surface area contributed by atoms with E-state index >= 15 is 0 Å². The summed E-state index contributed by atoms with van der Waals surface area (Å²) in [4.78, 5) is 41.7. The lowest BCUT2D eigenvalue weighted by atomic mass is 10.1. The highest BCUT2D eigenvalue weighted by Crippen LogP contribution is 2.22. The van der Waals surface area contributed by atoms with Gasteiger partial charge in [-0.2, -0.15) is 0 Å². The van der Waals surface area contributed by atoms with E-state index in [9.17, 15) is 14.4 Å². The predicted molar refractivity (Wildman–Crippen MR) is 98.7 cm³/mol. The summed E-state index contributed by atoms with van der Waals surface area (Å²) in [5.41, 5.74) is 2.17. The zero-order chi connectivity index (χ0) is 18.8. The molecule has 4 rings (SSSR count). The third kappa shape index (κ3) is 3.08. The van der Waals surface area contributed by atoms with Gasteiger partial charge in [0, 0.05) is 23.2 Å². The van der Waals surface area contributed by atoms with Crippen molar-refractivity contribution in [2.24, 2.45) is 0 Å². The van der Waals surface area contributed by atoms with E-state index in [2.05, 4.69) is 4.98 Å². The van der Waals surface area contributed by atoms with Crippen LogP contribution >= 0.6 is 0 Å². The number of esters is 1. The number of para-hydroxylation sites is 1. The minimum Gasteiger partial charge on any atom is -0.441 e. The van der Waals surface area contributed by atoms with E-state index < -0.39 is 24.5 Å². The van der Waals surface area contributed by atoms with E-state index in [4.69, 9.17) is 4.74 Å². The first-order chi connectivity index (χ1) is 13.1. The number of imide groups is 1. The number of aromatic nitrogens is 1. The lowest BCUT2D eigenvalue weighted by Crippen LogP contribution is -2.32. The van der Waals surface area contributed by atoms with E-state index in [1.807, 2.05) is 30.3 Å². The van der Waals surface area contributed by atoms with Crippen molar-refractivity contribution in [2.75, 3.05) is 6.73 Å². The Kier molecular flexibility index (Phi) is 4.22. The summed E-state index contributed by atoms with van der Waals surface area (Å²) < 4.78 is 5.07. The molecule has 0 fully saturated rings. The second-order valence-corrected chi connectivity index (χ2v) is 5.93. The molecule has 2 aromatic carbocycles. The smallest absolute Gasteiger partial charge is 0.332 e. The van der Waals surface area contributed by atoms with Crippen LogP contribution in [0.1, 0.15) is 26.3 Å². The van der Waals surface area contributed by atoms with Gasteiger partial charge in [-0.1, -0.05) is 36.4 Å². The second-order valence-electron chi connectivity index (χ2n) is 5.93. The van der Waals surface area contributed by atoms with Gasteiger partial charge >= 0.3 is 5.97 Å². The van der Waals surface area contributed by atoms with Crippen LogP contribution in [0.3, 0.4) is 0 Å².